The van der Waals surface area contributed by atoms with Gasteiger partial charge in [0.2, 0.25) is 5.95 Å². The predicted octanol–water partition coefficient (Wildman–Crippen LogP) is 4.86. The molecule has 2 aromatic heterocycles. The number of benzene rings is 1. The van der Waals surface area contributed by atoms with Crippen LogP contribution >= 0.6 is 11.6 Å². The van der Waals surface area contributed by atoms with Crippen LogP contribution < -0.4 is 20.4 Å². The minimum atomic E-state index is -0.245. The number of hydrogen-bond acceptors (Lipinski definition) is 8. The average Bonchev–Trinajstić information content (AvgIpc) is 3.25. The SMILES string of the molecule is CNc1nc(N[C@@H]2[C@@H]3CC[C@H]2CN(c2cnnc(Cl)c2)C3)nc2c1C(C)(C)CN2c1ccc(F)cc1. The maximum Gasteiger partial charge on any atom is 0.226 e. The van der Waals surface area contributed by atoms with E-state index in [4.69, 9.17) is 21.6 Å². The van der Waals surface area contributed by atoms with Crippen molar-refractivity contribution < 1.29 is 4.39 Å². The van der Waals surface area contributed by atoms with E-state index in [1.54, 1.807) is 6.20 Å². The molecule has 10 heteroatoms. The van der Waals surface area contributed by atoms with E-state index >= 15 is 0 Å². The molecule has 1 aliphatic carbocycles. The molecule has 8 nitrogen and oxygen atoms in total. The molecule has 0 amide bonds. The number of anilines is 5. The zero-order chi connectivity index (χ0) is 25.0. The zero-order valence-electron chi connectivity index (χ0n) is 20.7. The summed E-state index contributed by atoms with van der Waals surface area (Å²) in [4.78, 5) is 14.5. The van der Waals surface area contributed by atoms with Gasteiger partial charge in [0.1, 0.15) is 17.5 Å². The molecule has 188 valence electrons. The van der Waals surface area contributed by atoms with Crippen LogP contribution in [-0.4, -0.2) is 52.9 Å². The molecule has 0 unspecified atom stereocenters. The molecule has 2 aliphatic heterocycles. The normalized spacial score (nSPS) is 24.1. The molecular formula is C26H30ClFN8. The van der Waals surface area contributed by atoms with Crippen LogP contribution in [0.3, 0.4) is 0 Å². The Labute approximate surface area is 215 Å². The van der Waals surface area contributed by atoms with Gasteiger partial charge in [-0.25, -0.2) is 4.39 Å². The highest BCUT2D eigenvalue weighted by molar-refractivity contribution is 6.29. The summed E-state index contributed by atoms with van der Waals surface area (Å²) in [6, 6.07) is 8.79. The van der Waals surface area contributed by atoms with Crippen LogP contribution in [0.25, 0.3) is 0 Å². The van der Waals surface area contributed by atoms with Gasteiger partial charge >= 0.3 is 0 Å². The van der Waals surface area contributed by atoms with E-state index in [0.29, 0.717) is 29.0 Å². The summed E-state index contributed by atoms with van der Waals surface area (Å²) >= 11 is 6.09. The minimum Gasteiger partial charge on any atom is -0.373 e. The van der Waals surface area contributed by atoms with Crippen molar-refractivity contribution in [1.29, 1.82) is 0 Å². The maximum atomic E-state index is 13.6. The van der Waals surface area contributed by atoms with Gasteiger partial charge in [-0.3, -0.25) is 0 Å². The number of fused-ring (bicyclic) bond motifs is 3. The third-order valence-corrected chi connectivity index (χ3v) is 8.04. The molecule has 0 spiro atoms. The van der Waals surface area contributed by atoms with Crippen LogP contribution in [-0.2, 0) is 5.41 Å². The lowest BCUT2D eigenvalue weighted by molar-refractivity contribution is 0.376. The first-order valence-corrected chi connectivity index (χ1v) is 12.8. The largest absolute Gasteiger partial charge is 0.373 e. The highest BCUT2D eigenvalue weighted by Crippen LogP contribution is 2.47. The van der Waals surface area contributed by atoms with Crippen molar-refractivity contribution in [3.8, 4) is 0 Å². The fraction of sp³-hybridized carbons (Fsp3) is 0.462. The Morgan fingerprint density at radius 3 is 2.44 bits per heavy atom. The lowest BCUT2D eigenvalue weighted by Crippen LogP contribution is -2.48. The van der Waals surface area contributed by atoms with Gasteiger partial charge in [0.25, 0.3) is 0 Å². The first-order valence-electron chi connectivity index (χ1n) is 12.5. The van der Waals surface area contributed by atoms with Crippen LogP contribution in [0.2, 0.25) is 5.15 Å². The Balaban J connectivity index is 1.29. The van der Waals surface area contributed by atoms with Crippen LogP contribution in [0.4, 0.5) is 33.3 Å². The molecule has 3 aliphatic rings. The minimum absolute atomic E-state index is 0.162. The van der Waals surface area contributed by atoms with Crippen molar-refractivity contribution in [2.75, 3.05) is 47.1 Å². The van der Waals surface area contributed by atoms with Gasteiger partial charge in [0.05, 0.1) is 11.9 Å². The van der Waals surface area contributed by atoms with E-state index < -0.39 is 0 Å². The molecule has 1 aromatic carbocycles. The van der Waals surface area contributed by atoms with E-state index in [2.05, 4.69) is 44.5 Å². The van der Waals surface area contributed by atoms with E-state index in [-0.39, 0.29) is 11.2 Å². The molecular weight excluding hydrogens is 479 g/mol. The molecule has 3 atom stereocenters. The van der Waals surface area contributed by atoms with Crippen LogP contribution in [0.1, 0.15) is 32.3 Å². The van der Waals surface area contributed by atoms with E-state index in [0.717, 1.165) is 61.0 Å². The second-order valence-electron chi connectivity index (χ2n) is 10.7. The summed E-state index contributed by atoms with van der Waals surface area (Å²) < 4.78 is 13.6. The smallest absolute Gasteiger partial charge is 0.226 e. The van der Waals surface area contributed by atoms with Crippen LogP contribution in [0.5, 0.6) is 0 Å². The van der Waals surface area contributed by atoms with Gasteiger partial charge in [-0.05, 0) is 48.9 Å². The Kier molecular flexibility index (Phi) is 5.63. The molecule has 2 fully saturated rings. The first-order chi connectivity index (χ1) is 17.3. The van der Waals surface area contributed by atoms with Crippen molar-refractivity contribution >= 4 is 40.6 Å². The molecule has 2 N–H and O–H groups in total. The van der Waals surface area contributed by atoms with Crippen LogP contribution in [0.15, 0.2) is 36.5 Å². The van der Waals surface area contributed by atoms with Gasteiger partial charge in [0.15, 0.2) is 5.15 Å². The summed E-state index contributed by atoms with van der Waals surface area (Å²) in [5, 5.41) is 15.3. The number of nitrogens with one attached hydrogen (secondary N) is 2. The lowest BCUT2D eigenvalue weighted by atomic mass is 9.88. The number of rotatable bonds is 5. The van der Waals surface area contributed by atoms with Crippen molar-refractivity contribution in [3.05, 3.63) is 53.1 Å². The summed E-state index contributed by atoms with van der Waals surface area (Å²) in [5.41, 5.74) is 2.87. The standard InChI is InChI=1S/C26H30ClFN8/c1-26(2)14-36(18-8-6-17(28)7-9-18)24-21(26)23(29-3)32-25(33-24)31-22-15-4-5-16(22)13-35(12-15)19-10-20(27)34-30-11-19/h6-11,15-16,22H,4-5,12-14H2,1-3H3,(H2,29,31,32,33)/t15-,16+,22-. The Bertz CT molecular complexity index is 1270. The maximum absolute atomic E-state index is 13.6. The molecule has 6 rings (SSSR count). The fourth-order valence-electron chi connectivity index (χ4n) is 6.22. The fourth-order valence-corrected chi connectivity index (χ4v) is 6.37. The Morgan fingerprint density at radius 2 is 1.78 bits per heavy atom. The molecule has 2 bridgehead atoms. The summed E-state index contributed by atoms with van der Waals surface area (Å²) in [6.07, 6.45) is 4.10. The number of hydrogen-bond donors (Lipinski definition) is 2. The molecule has 36 heavy (non-hydrogen) atoms. The van der Waals surface area contributed by atoms with Crippen molar-refractivity contribution in [2.24, 2.45) is 11.8 Å². The first kappa shape index (κ1) is 23.2. The molecule has 4 heterocycles. The van der Waals surface area contributed by atoms with Gasteiger partial charge < -0.3 is 20.4 Å². The van der Waals surface area contributed by atoms with E-state index in [1.807, 2.05) is 25.2 Å². The van der Waals surface area contributed by atoms with E-state index in [1.165, 1.54) is 12.1 Å². The van der Waals surface area contributed by atoms with Crippen molar-refractivity contribution in [3.63, 3.8) is 0 Å². The zero-order valence-corrected chi connectivity index (χ0v) is 21.4. The monoisotopic (exact) mass is 508 g/mol. The molecule has 1 saturated carbocycles. The predicted molar refractivity (Wildman–Crippen MR) is 141 cm³/mol. The highest BCUT2D eigenvalue weighted by Gasteiger charge is 2.44. The van der Waals surface area contributed by atoms with Gasteiger partial charge in [0, 0.05) is 55.5 Å². The summed E-state index contributed by atoms with van der Waals surface area (Å²) in [7, 11) is 1.90. The topological polar surface area (TPSA) is 82.1 Å². The van der Waals surface area contributed by atoms with Crippen molar-refractivity contribution in [2.45, 2.75) is 38.1 Å². The molecule has 1 saturated heterocycles. The molecule has 0 radical (unpaired) electrons. The second kappa shape index (κ2) is 8.73. The Hall–Kier alpha value is -3.20. The number of nitrogens with zero attached hydrogens (tertiary/aromatic N) is 6. The lowest BCUT2D eigenvalue weighted by Gasteiger charge is -2.39. The second-order valence-corrected chi connectivity index (χ2v) is 11.1. The van der Waals surface area contributed by atoms with Gasteiger partial charge in [-0.15, -0.1) is 5.10 Å². The van der Waals surface area contributed by atoms with E-state index in [9.17, 15) is 4.39 Å². The van der Waals surface area contributed by atoms with Gasteiger partial charge in [-0.1, -0.05) is 25.4 Å². The highest BCUT2D eigenvalue weighted by atomic mass is 35.5. The summed E-state index contributed by atoms with van der Waals surface area (Å²) in [5.74, 6) is 3.03. The third kappa shape index (κ3) is 3.99. The number of aromatic nitrogens is 4. The number of halogens is 2. The van der Waals surface area contributed by atoms with Crippen LogP contribution in [0, 0.1) is 17.7 Å². The van der Waals surface area contributed by atoms with Crippen molar-refractivity contribution in [1.82, 2.24) is 20.2 Å². The third-order valence-electron chi connectivity index (χ3n) is 7.86. The average molecular weight is 509 g/mol. The van der Waals surface area contributed by atoms with Gasteiger partial charge in [-0.2, -0.15) is 15.1 Å². The summed E-state index contributed by atoms with van der Waals surface area (Å²) in [6.45, 7) is 6.99. The number of piperidine rings is 1. The quantitative estimate of drug-likeness (QED) is 0.506. The Morgan fingerprint density at radius 1 is 1.06 bits per heavy atom. The molecule has 3 aromatic rings.